The van der Waals surface area contributed by atoms with Gasteiger partial charge in [0.15, 0.2) is 11.5 Å². The van der Waals surface area contributed by atoms with Gasteiger partial charge in [-0.25, -0.2) is 0 Å². The smallest absolute Gasteiger partial charge is 0.251 e. The highest BCUT2D eigenvalue weighted by Gasteiger charge is 2.14. The van der Waals surface area contributed by atoms with Crippen molar-refractivity contribution in [2.24, 2.45) is 0 Å². The van der Waals surface area contributed by atoms with Crippen molar-refractivity contribution in [3.05, 3.63) is 47.5 Å². The zero-order valence-electron chi connectivity index (χ0n) is 15.7. The monoisotopic (exact) mass is 386 g/mol. The molecule has 2 aromatic rings. The molecule has 0 unspecified atom stereocenters. The molecule has 3 rings (SSSR count). The van der Waals surface area contributed by atoms with Crippen LogP contribution >= 0.6 is 0 Å². The van der Waals surface area contributed by atoms with Gasteiger partial charge in [0, 0.05) is 31.1 Å². The van der Waals surface area contributed by atoms with Crippen molar-refractivity contribution in [1.29, 1.82) is 0 Å². The van der Waals surface area contributed by atoms with Crippen LogP contribution in [0.5, 0.6) is 23.0 Å². The first kappa shape index (κ1) is 19.3. The van der Waals surface area contributed by atoms with E-state index in [1.54, 1.807) is 18.2 Å². The lowest BCUT2D eigenvalue weighted by atomic mass is 10.2. The third-order valence-corrected chi connectivity index (χ3v) is 4.18. The van der Waals surface area contributed by atoms with Crippen molar-refractivity contribution in [3.8, 4) is 23.0 Å². The van der Waals surface area contributed by atoms with Crippen LogP contribution in [0.25, 0.3) is 0 Å². The fraction of sp³-hybridized carbons (Fsp3) is 0.300. The molecule has 0 atom stereocenters. The minimum atomic E-state index is -0.305. The van der Waals surface area contributed by atoms with Crippen LogP contribution in [0.1, 0.15) is 22.3 Å². The maximum atomic E-state index is 12.3. The molecule has 8 nitrogen and oxygen atoms in total. The van der Waals surface area contributed by atoms with Crippen molar-refractivity contribution < 1.29 is 28.5 Å². The first-order chi connectivity index (χ1) is 13.6. The van der Waals surface area contributed by atoms with Crippen molar-refractivity contribution in [3.63, 3.8) is 0 Å². The Labute approximate surface area is 162 Å². The lowest BCUT2D eigenvalue weighted by Crippen LogP contribution is -2.30. The molecule has 1 heterocycles. The quantitative estimate of drug-likeness (QED) is 0.719. The molecule has 0 fully saturated rings. The Morgan fingerprint density at radius 1 is 0.964 bits per heavy atom. The summed E-state index contributed by atoms with van der Waals surface area (Å²) in [7, 11) is 3.03. The molecular formula is C20H22N2O6. The Bertz CT molecular complexity index is 846. The fourth-order valence-corrected chi connectivity index (χ4v) is 2.67. The second-order valence-electron chi connectivity index (χ2n) is 6.07. The van der Waals surface area contributed by atoms with Gasteiger partial charge in [-0.15, -0.1) is 0 Å². The molecule has 0 saturated carbocycles. The molecule has 0 aliphatic carbocycles. The molecule has 1 aliphatic heterocycles. The third-order valence-electron chi connectivity index (χ3n) is 4.18. The molecule has 2 N–H and O–H groups in total. The van der Waals surface area contributed by atoms with Gasteiger partial charge in [-0.05, 0) is 29.8 Å². The molecule has 148 valence electrons. The van der Waals surface area contributed by atoms with Gasteiger partial charge in [-0.2, -0.15) is 0 Å². The van der Waals surface area contributed by atoms with Crippen LogP contribution in [0.15, 0.2) is 36.4 Å². The number of rotatable bonds is 8. The van der Waals surface area contributed by atoms with Crippen LogP contribution in [-0.2, 0) is 11.3 Å². The molecule has 1 aliphatic rings. The summed E-state index contributed by atoms with van der Waals surface area (Å²) < 4.78 is 20.9. The van der Waals surface area contributed by atoms with Gasteiger partial charge in [0.2, 0.25) is 12.7 Å². The Morgan fingerprint density at radius 3 is 2.39 bits per heavy atom. The Balaban J connectivity index is 1.44. The standard InChI is InChI=1S/C20H22N2O6/c1-25-15-8-14(9-16(10-15)26-2)20(24)21-6-5-19(23)22-11-13-3-4-17-18(7-13)28-12-27-17/h3-4,7-10H,5-6,11-12H2,1-2H3,(H,21,24)(H,22,23). The molecule has 2 amide bonds. The normalized spacial score (nSPS) is 11.6. The first-order valence-corrected chi connectivity index (χ1v) is 8.75. The van der Waals surface area contributed by atoms with Crippen molar-refractivity contribution in [2.45, 2.75) is 13.0 Å². The predicted molar refractivity (Wildman–Crippen MR) is 101 cm³/mol. The second-order valence-corrected chi connectivity index (χ2v) is 6.07. The highest BCUT2D eigenvalue weighted by molar-refractivity contribution is 5.95. The molecule has 0 aromatic heterocycles. The van der Waals surface area contributed by atoms with E-state index in [1.165, 1.54) is 14.2 Å². The average Bonchev–Trinajstić information content (AvgIpc) is 3.19. The Kier molecular flexibility index (Phi) is 6.21. The Hall–Kier alpha value is -3.42. The van der Waals surface area contributed by atoms with Gasteiger partial charge >= 0.3 is 0 Å². The van der Waals surface area contributed by atoms with E-state index in [4.69, 9.17) is 18.9 Å². The molecule has 28 heavy (non-hydrogen) atoms. The highest BCUT2D eigenvalue weighted by Crippen LogP contribution is 2.32. The van der Waals surface area contributed by atoms with Gasteiger partial charge in [-0.3, -0.25) is 9.59 Å². The number of carbonyl (C=O) groups is 2. The summed E-state index contributed by atoms with van der Waals surface area (Å²) in [6.45, 7) is 0.797. The van der Waals surface area contributed by atoms with Crippen LogP contribution in [0.2, 0.25) is 0 Å². The van der Waals surface area contributed by atoms with Gasteiger partial charge in [-0.1, -0.05) is 6.07 Å². The first-order valence-electron chi connectivity index (χ1n) is 8.75. The molecule has 0 spiro atoms. The number of methoxy groups -OCH3 is 2. The summed E-state index contributed by atoms with van der Waals surface area (Å²) >= 11 is 0. The van der Waals surface area contributed by atoms with Crippen LogP contribution in [-0.4, -0.2) is 39.4 Å². The average molecular weight is 386 g/mol. The lowest BCUT2D eigenvalue weighted by molar-refractivity contribution is -0.121. The predicted octanol–water partition coefficient (Wildman–Crippen LogP) is 1.87. The Morgan fingerprint density at radius 2 is 1.68 bits per heavy atom. The fourth-order valence-electron chi connectivity index (χ4n) is 2.67. The topological polar surface area (TPSA) is 95.1 Å². The number of hydrogen-bond donors (Lipinski definition) is 2. The zero-order valence-corrected chi connectivity index (χ0v) is 15.7. The van der Waals surface area contributed by atoms with E-state index in [9.17, 15) is 9.59 Å². The van der Waals surface area contributed by atoms with E-state index in [-0.39, 0.29) is 31.6 Å². The van der Waals surface area contributed by atoms with Gasteiger partial charge in [0.1, 0.15) is 11.5 Å². The van der Waals surface area contributed by atoms with Gasteiger partial charge in [0.25, 0.3) is 5.91 Å². The largest absolute Gasteiger partial charge is 0.497 e. The zero-order chi connectivity index (χ0) is 19.9. The molecule has 8 heteroatoms. The number of carbonyl (C=O) groups excluding carboxylic acids is 2. The number of fused-ring (bicyclic) bond motifs is 1. The SMILES string of the molecule is COc1cc(OC)cc(C(=O)NCCC(=O)NCc2ccc3c(c2)OCO3)c1. The van der Waals surface area contributed by atoms with Crippen molar-refractivity contribution >= 4 is 11.8 Å². The molecule has 0 bridgehead atoms. The number of nitrogens with one attached hydrogen (secondary N) is 2. The van der Waals surface area contributed by atoms with Crippen LogP contribution in [0.4, 0.5) is 0 Å². The number of amides is 2. The van der Waals surface area contributed by atoms with E-state index < -0.39 is 0 Å². The van der Waals surface area contributed by atoms with Crippen molar-refractivity contribution in [2.75, 3.05) is 27.6 Å². The lowest BCUT2D eigenvalue weighted by Gasteiger charge is -2.10. The summed E-state index contributed by atoms with van der Waals surface area (Å²) in [5, 5.41) is 5.53. The summed E-state index contributed by atoms with van der Waals surface area (Å²) in [5.74, 6) is 1.94. The van der Waals surface area contributed by atoms with Gasteiger partial charge < -0.3 is 29.6 Å². The minimum Gasteiger partial charge on any atom is -0.497 e. The van der Waals surface area contributed by atoms with E-state index in [0.29, 0.717) is 35.1 Å². The molecular weight excluding hydrogens is 364 g/mol. The summed E-state index contributed by atoms with van der Waals surface area (Å²) in [5.41, 5.74) is 1.31. The van der Waals surface area contributed by atoms with Crippen LogP contribution < -0.4 is 29.6 Å². The second kappa shape index (κ2) is 8.98. The van der Waals surface area contributed by atoms with Crippen LogP contribution in [0, 0.1) is 0 Å². The van der Waals surface area contributed by atoms with E-state index >= 15 is 0 Å². The van der Waals surface area contributed by atoms with E-state index in [2.05, 4.69) is 10.6 Å². The van der Waals surface area contributed by atoms with Crippen LogP contribution in [0.3, 0.4) is 0 Å². The number of benzene rings is 2. The van der Waals surface area contributed by atoms with E-state index in [1.807, 2.05) is 18.2 Å². The highest BCUT2D eigenvalue weighted by atomic mass is 16.7. The third kappa shape index (κ3) is 4.85. The summed E-state index contributed by atoms with van der Waals surface area (Å²) in [6.07, 6.45) is 0.164. The van der Waals surface area contributed by atoms with Crippen molar-refractivity contribution in [1.82, 2.24) is 10.6 Å². The maximum Gasteiger partial charge on any atom is 0.251 e. The van der Waals surface area contributed by atoms with Gasteiger partial charge in [0.05, 0.1) is 14.2 Å². The number of ether oxygens (including phenoxy) is 4. The molecule has 0 radical (unpaired) electrons. The molecule has 0 saturated heterocycles. The van der Waals surface area contributed by atoms with E-state index in [0.717, 1.165) is 5.56 Å². The molecule has 2 aromatic carbocycles. The summed E-state index contributed by atoms with van der Waals surface area (Å²) in [6, 6.07) is 10.4. The number of hydrogen-bond acceptors (Lipinski definition) is 6. The maximum absolute atomic E-state index is 12.3. The summed E-state index contributed by atoms with van der Waals surface area (Å²) in [4.78, 5) is 24.3. The minimum absolute atomic E-state index is 0.164.